The number of anilines is 1. The molecule has 0 radical (unpaired) electrons. The smallest absolute Gasteiger partial charge is 0.260 e. The molecule has 2 aromatic carbocycles. The lowest BCUT2D eigenvalue weighted by Crippen LogP contribution is -2.39. The molecule has 0 aliphatic carbocycles. The fourth-order valence-corrected chi connectivity index (χ4v) is 7.81. The molecule has 2 heterocycles. The number of fused-ring (bicyclic) bond motifs is 1. The van der Waals surface area contributed by atoms with Gasteiger partial charge in [-0.3, -0.25) is 14.6 Å². The Morgan fingerprint density at radius 2 is 1.62 bits per heavy atom. The fourth-order valence-electron chi connectivity index (χ4n) is 5.13. The number of aryl methyl sites for hydroxylation is 2. The number of rotatable bonds is 14. The van der Waals surface area contributed by atoms with E-state index in [-0.39, 0.29) is 23.2 Å². The van der Waals surface area contributed by atoms with Crippen LogP contribution in [0.4, 0.5) is 5.13 Å². The van der Waals surface area contributed by atoms with Crippen molar-refractivity contribution >= 4 is 55.0 Å². The number of nitrogens with zero attached hydrogens (tertiary/aromatic N) is 4. The molecule has 1 fully saturated rings. The summed E-state index contributed by atoms with van der Waals surface area (Å²) in [6, 6.07) is 10.7. The van der Waals surface area contributed by atoms with Crippen molar-refractivity contribution in [2.75, 3.05) is 57.4 Å². The van der Waals surface area contributed by atoms with Crippen molar-refractivity contribution in [3.63, 3.8) is 0 Å². The summed E-state index contributed by atoms with van der Waals surface area (Å²) in [6.07, 6.45) is 4.30. The number of amides is 1. The largest absolute Gasteiger partial charge is 0.379 e. The predicted molar refractivity (Wildman–Crippen MR) is 175 cm³/mol. The van der Waals surface area contributed by atoms with Crippen LogP contribution in [0.3, 0.4) is 0 Å². The van der Waals surface area contributed by atoms with Gasteiger partial charge in [0.15, 0.2) is 5.13 Å². The number of benzene rings is 2. The van der Waals surface area contributed by atoms with Crippen molar-refractivity contribution in [2.24, 2.45) is 0 Å². The van der Waals surface area contributed by atoms with E-state index >= 15 is 0 Å². The molecule has 3 aromatic rings. The second-order valence-electron chi connectivity index (χ2n) is 10.8. The number of hydrogen-bond donors (Lipinski definition) is 0. The average Bonchev–Trinajstić information content (AvgIpc) is 3.39. The highest BCUT2D eigenvalue weighted by atomic mass is 35.5. The van der Waals surface area contributed by atoms with Gasteiger partial charge in [-0.1, -0.05) is 44.1 Å². The molecule has 0 unspecified atom stereocenters. The van der Waals surface area contributed by atoms with E-state index in [2.05, 4.69) is 37.8 Å². The topological polar surface area (TPSA) is 83.1 Å². The van der Waals surface area contributed by atoms with Gasteiger partial charge in [-0.25, -0.2) is 13.4 Å². The molecule has 0 saturated carbocycles. The number of ether oxygens (including phenoxy) is 1. The van der Waals surface area contributed by atoms with Gasteiger partial charge in [0.05, 0.1) is 28.3 Å². The monoisotopic (exact) mass is 636 g/mol. The lowest BCUT2D eigenvalue weighted by molar-refractivity contribution is 0.0376. The summed E-state index contributed by atoms with van der Waals surface area (Å²) < 4.78 is 35.0. The molecule has 0 bridgehead atoms. The Morgan fingerprint density at radius 3 is 2.24 bits per heavy atom. The summed E-state index contributed by atoms with van der Waals surface area (Å²) in [6.45, 7) is 13.9. The zero-order chi connectivity index (χ0) is 29.4. The number of carbonyl (C=O) groups excluding carboxylic acids is 1. The van der Waals surface area contributed by atoms with Crippen molar-refractivity contribution in [3.8, 4) is 0 Å². The number of carbonyl (C=O) groups is 1. The molecule has 1 aliphatic heterocycles. The molecule has 1 aliphatic rings. The van der Waals surface area contributed by atoms with Gasteiger partial charge in [0.25, 0.3) is 5.91 Å². The first-order valence-corrected chi connectivity index (χ1v) is 17.1. The molecule has 0 atom stereocenters. The number of thiazole rings is 1. The van der Waals surface area contributed by atoms with Gasteiger partial charge in [0.1, 0.15) is 0 Å². The molecular weight excluding hydrogens is 592 g/mol. The highest BCUT2D eigenvalue weighted by Crippen LogP contribution is 2.33. The Hall–Kier alpha value is -2.08. The Morgan fingerprint density at radius 1 is 0.976 bits per heavy atom. The average molecular weight is 637 g/mol. The van der Waals surface area contributed by atoms with Crippen LogP contribution in [0, 0.1) is 13.8 Å². The van der Waals surface area contributed by atoms with Crippen LogP contribution in [-0.2, 0) is 14.8 Å². The van der Waals surface area contributed by atoms with E-state index in [9.17, 15) is 13.2 Å². The Labute approximate surface area is 261 Å². The first kappa shape index (κ1) is 34.4. The van der Waals surface area contributed by atoms with Crippen LogP contribution < -0.4 is 4.90 Å². The second-order valence-corrected chi connectivity index (χ2v) is 13.8. The van der Waals surface area contributed by atoms with Crippen LogP contribution in [-0.4, -0.2) is 81.0 Å². The molecule has 1 amide bonds. The first-order chi connectivity index (χ1) is 19.7. The van der Waals surface area contributed by atoms with E-state index in [1.165, 1.54) is 16.9 Å². The van der Waals surface area contributed by atoms with Crippen LogP contribution >= 0.6 is 23.7 Å². The second kappa shape index (κ2) is 16.1. The van der Waals surface area contributed by atoms with Gasteiger partial charge in [0, 0.05) is 44.8 Å². The highest BCUT2D eigenvalue weighted by molar-refractivity contribution is 7.89. The summed E-state index contributed by atoms with van der Waals surface area (Å²) in [7, 11) is -3.63. The minimum atomic E-state index is -3.63. The van der Waals surface area contributed by atoms with Crippen molar-refractivity contribution in [1.82, 2.24) is 14.2 Å². The van der Waals surface area contributed by atoms with Crippen molar-refractivity contribution < 1.29 is 17.9 Å². The summed E-state index contributed by atoms with van der Waals surface area (Å²) in [5.41, 5.74) is 3.63. The van der Waals surface area contributed by atoms with Gasteiger partial charge in [0.2, 0.25) is 10.0 Å². The number of sulfonamides is 1. The summed E-state index contributed by atoms with van der Waals surface area (Å²) in [4.78, 5) is 23.2. The summed E-state index contributed by atoms with van der Waals surface area (Å²) in [5.74, 6) is -0.168. The van der Waals surface area contributed by atoms with Gasteiger partial charge >= 0.3 is 0 Å². The molecule has 42 heavy (non-hydrogen) atoms. The van der Waals surface area contributed by atoms with E-state index in [4.69, 9.17) is 9.72 Å². The Kier molecular flexibility index (Phi) is 13.2. The summed E-state index contributed by atoms with van der Waals surface area (Å²) >= 11 is 1.53. The van der Waals surface area contributed by atoms with Crippen LogP contribution in [0.25, 0.3) is 10.2 Å². The number of morpholine rings is 1. The molecule has 4 rings (SSSR count). The van der Waals surface area contributed by atoms with E-state index in [0.29, 0.717) is 30.3 Å². The van der Waals surface area contributed by atoms with Crippen LogP contribution in [0.1, 0.15) is 67.4 Å². The number of aromatic nitrogens is 1. The maximum atomic E-state index is 13.9. The van der Waals surface area contributed by atoms with Crippen LogP contribution in [0.2, 0.25) is 0 Å². The number of unbranched alkanes of at least 4 members (excludes halogenated alkanes) is 2. The Balaban J connectivity index is 0.00000484. The van der Waals surface area contributed by atoms with Crippen LogP contribution in [0.5, 0.6) is 0 Å². The summed E-state index contributed by atoms with van der Waals surface area (Å²) in [5, 5.41) is 0.669. The predicted octanol–water partition coefficient (Wildman–Crippen LogP) is 6.29. The maximum Gasteiger partial charge on any atom is 0.260 e. The number of hydrogen-bond acceptors (Lipinski definition) is 7. The van der Waals surface area contributed by atoms with Crippen molar-refractivity contribution in [2.45, 2.75) is 64.7 Å². The molecule has 232 valence electrons. The molecule has 1 aromatic heterocycles. The fraction of sp³-hybridized carbons (Fsp3) is 0.548. The van der Waals surface area contributed by atoms with Gasteiger partial charge < -0.3 is 4.74 Å². The van der Waals surface area contributed by atoms with E-state index < -0.39 is 10.0 Å². The normalized spacial score (nSPS) is 14.3. The minimum Gasteiger partial charge on any atom is -0.379 e. The minimum absolute atomic E-state index is 0. The molecule has 1 saturated heterocycles. The van der Waals surface area contributed by atoms with Crippen LogP contribution in [0.15, 0.2) is 41.3 Å². The van der Waals surface area contributed by atoms with Crippen molar-refractivity contribution in [3.05, 3.63) is 53.1 Å². The lowest BCUT2D eigenvalue weighted by Gasteiger charge is -2.27. The third-order valence-electron chi connectivity index (χ3n) is 7.52. The molecular formula is C31H45ClN4O4S2. The zero-order valence-corrected chi connectivity index (χ0v) is 27.8. The number of halogens is 1. The molecule has 8 nitrogen and oxygen atoms in total. The zero-order valence-electron chi connectivity index (χ0n) is 25.3. The molecule has 0 N–H and O–H groups in total. The molecule has 0 spiro atoms. The quantitative estimate of drug-likeness (QED) is 0.207. The maximum absolute atomic E-state index is 13.9. The first-order valence-electron chi connectivity index (χ1n) is 14.8. The van der Waals surface area contributed by atoms with Gasteiger partial charge in [-0.05, 0) is 74.6 Å². The lowest BCUT2D eigenvalue weighted by atomic mass is 10.1. The van der Waals surface area contributed by atoms with Gasteiger partial charge in [-0.15, -0.1) is 12.4 Å². The van der Waals surface area contributed by atoms with E-state index in [1.54, 1.807) is 33.5 Å². The van der Waals surface area contributed by atoms with E-state index in [0.717, 1.165) is 80.7 Å². The highest BCUT2D eigenvalue weighted by Gasteiger charge is 2.26. The third-order valence-corrected chi connectivity index (χ3v) is 10.5. The molecule has 11 heteroatoms. The van der Waals surface area contributed by atoms with Crippen molar-refractivity contribution in [1.29, 1.82) is 0 Å². The standard InChI is InChI=1S/C31H44N4O4S2.ClH/c1-5-7-15-34(16-8-6-2)41(37,38)27-12-10-26(11-13-27)30(36)35(17-9-14-33-18-20-39-21-19-33)31-32-29-25(4)22-24(3)23-28(29)40-31;/h10-13,22-23H,5-9,14-21H2,1-4H3;1H. The third kappa shape index (κ3) is 8.51. The SMILES string of the molecule is CCCCN(CCCC)S(=O)(=O)c1ccc(C(=O)N(CCCN2CCOCC2)c2nc3c(C)cc(C)cc3s2)cc1.Cl. The van der Waals surface area contributed by atoms with E-state index in [1.807, 2.05) is 6.92 Å². The Bertz CT molecular complexity index is 1400. The van der Waals surface area contributed by atoms with Gasteiger partial charge in [-0.2, -0.15) is 4.31 Å².